The third-order valence-corrected chi connectivity index (χ3v) is 9.08. The van der Waals surface area contributed by atoms with Crippen molar-refractivity contribution in [1.29, 1.82) is 0 Å². The number of carbonyl (C=O) groups is 1. The van der Waals surface area contributed by atoms with Crippen LogP contribution >= 0.6 is 0 Å². The molecule has 0 radical (unpaired) electrons. The van der Waals surface area contributed by atoms with E-state index >= 15 is 0 Å². The largest absolute Gasteiger partial charge is 1.00 e. The van der Waals surface area contributed by atoms with E-state index in [1.165, 1.54) is 35.5 Å². The van der Waals surface area contributed by atoms with Crippen LogP contribution in [0.2, 0.25) is 0 Å². The summed E-state index contributed by atoms with van der Waals surface area (Å²) in [6.07, 6.45) is 2.66. The van der Waals surface area contributed by atoms with Crippen LogP contribution in [-0.2, 0) is 24.0 Å². The molecule has 3 saturated heterocycles. The number of halogens is 1. The van der Waals surface area contributed by atoms with Crippen LogP contribution < -0.4 is 17.0 Å². The Kier molecular flexibility index (Phi) is 5.51. The normalized spacial score (nSPS) is 28.8. The van der Waals surface area contributed by atoms with E-state index in [-0.39, 0.29) is 23.0 Å². The second-order valence-electron chi connectivity index (χ2n) is 7.66. The van der Waals surface area contributed by atoms with E-state index < -0.39 is 0 Å². The molecule has 0 N–H and O–H groups in total. The first-order valence-corrected chi connectivity index (χ1v) is 11.3. The third kappa shape index (κ3) is 3.40. The molecule has 0 aliphatic carbocycles. The van der Waals surface area contributed by atoms with Gasteiger partial charge in [-0.2, -0.15) is 0 Å². The van der Waals surface area contributed by atoms with Gasteiger partial charge in [0.05, 0.1) is 0 Å². The Balaban J connectivity index is 0.00000180. The molecule has 3 aliphatic rings. The molecule has 3 heterocycles. The van der Waals surface area contributed by atoms with Crippen molar-refractivity contribution >= 4 is 16.9 Å². The minimum Gasteiger partial charge on any atom is -1.00 e. The molecular weight excluding hydrogens is 420 g/mol. The molecular formula is C22H25BrN2OS. The maximum atomic E-state index is 13.4. The summed E-state index contributed by atoms with van der Waals surface area (Å²) in [4.78, 5) is 17.7. The lowest BCUT2D eigenvalue weighted by Gasteiger charge is -2.24. The van der Waals surface area contributed by atoms with Crippen molar-refractivity contribution in [3.63, 3.8) is 0 Å². The number of fused-ring (bicyclic) bond motifs is 3. The van der Waals surface area contributed by atoms with E-state index in [4.69, 9.17) is 0 Å². The molecule has 1 unspecified atom stereocenters. The minimum atomic E-state index is 0. The summed E-state index contributed by atoms with van der Waals surface area (Å²) in [6.45, 7) is 1.50. The van der Waals surface area contributed by atoms with Crippen molar-refractivity contribution in [2.24, 2.45) is 0 Å². The van der Waals surface area contributed by atoms with Gasteiger partial charge < -0.3 is 26.8 Å². The van der Waals surface area contributed by atoms with Gasteiger partial charge in [0.15, 0.2) is 0 Å². The Hall–Kier alpha value is -1.46. The quantitative estimate of drug-likeness (QED) is 0.501. The minimum absolute atomic E-state index is 0. The van der Waals surface area contributed by atoms with Crippen LogP contribution in [0.4, 0.5) is 4.79 Å². The van der Waals surface area contributed by atoms with E-state index in [0.717, 1.165) is 18.3 Å². The smallest absolute Gasteiger partial charge is 0.321 e. The van der Waals surface area contributed by atoms with Crippen LogP contribution in [0.25, 0.3) is 0 Å². The summed E-state index contributed by atoms with van der Waals surface area (Å²) < 4.78 is 0. The molecule has 5 rings (SSSR count). The molecule has 2 aromatic rings. The van der Waals surface area contributed by atoms with Crippen molar-refractivity contribution in [3.05, 3.63) is 71.8 Å². The fourth-order valence-corrected chi connectivity index (χ4v) is 8.26. The Morgan fingerprint density at radius 2 is 1.48 bits per heavy atom. The number of hydrogen-bond donors (Lipinski definition) is 0. The molecule has 0 saturated carbocycles. The lowest BCUT2D eigenvalue weighted by Crippen LogP contribution is -3.00. The molecule has 27 heavy (non-hydrogen) atoms. The molecule has 2 aromatic carbocycles. The Bertz CT molecular complexity index is 787. The predicted octanol–water partition coefficient (Wildman–Crippen LogP) is 0.660. The van der Waals surface area contributed by atoms with E-state index in [9.17, 15) is 4.79 Å². The number of nitrogens with zero attached hydrogens (tertiary/aromatic N) is 2. The Morgan fingerprint density at radius 3 is 2.11 bits per heavy atom. The predicted molar refractivity (Wildman–Crippen MR) is 107 cm³/mol. The number of amides is 2. The van der Waals surface area contributed by atoms with Gasteiger partial charge in [0.2, 0.25) is 0 Å². The molecule has 0 spiro atoms. The Morgan fingerprint density at radius 1 is 0.889 bits per heavy atom. The van der Waals surface area contributed by atoms with Crippen molar-refractivity contribution < 1.29 is 21.8 Å². The highest BCUT2D eigenvalue weighted by Gasteiger charge is 2.62. The zero-order chi connectivity index (χ0) is 17.5. The molecule has 5 heteroatoms. The fraction of sp³-hybridized carbons (Fsp3) is 0.409. The summed E-state index contributed by atoms with van der Waals surface area (Å²) in [7, 11) is 0.515. The van der Waals surface area contributed by atoms with Gasteiger partial charge in [-0.1, -0.05) is 60.7 Å². The molecule has 3 aliphatic heterocycles. The molecule has 3 fully saturated rings. The van der Waals surface area contributed by atoms with Crippen LogP contribution in [0.15, 0.2) is 60.7 Å². The highest BCUT2D eigenvalue weighted by Crippen LogP contribution is 2.43. The number of urea groups is 1. The van der Waals surface area contributed by atoms with Crippen molar-refractivity contribution in [1.82, 2.24) is 9.80 Å². The zero-order valence-corrected chi connectivity index (χ0v) is 17.7. The van der Waals surface area contributed by atoms with Crippen molar-refractivity contribution in [2.45, 2.75) is 43.3 Å². The summed E-state index contributed by atoms with van der Waals surface area (Å²) in [5, 5.41) is 0.730. The summed E-state index contributed by atoms with van der Waals surface area (Å²) in [5.41, 5.74) is 2.48. The Labute approximate surface area is 174 Å². The molecule has 0 aromatic heterocycles. The lowest BCUT2D eigenvalue weighted by molar-refractivity contribution is -0.00000884. The molecule has 2 amide bonds. The first-order chi connectivity index (χ1) is 12.8. The molecule has 3 nitrogen and oxygen atoms in total. The van der Waals surface area contributed by atoms with Crippen molar-refractivity contribution in [3.8, 4) is 0 Å². The van der Waals surface area contributed by atoms with E-state index in [0.29, 0.717) is 23.0 Å². The highest BCUT2D eigenvalue weighted by molar-refractivity contribution is 7.98. The topological polar surface area (TPSA) is 23.6 Å². The molecule has 142 valence electrons. The monoisotopic (exact) mass is 444 g/mol. The maximum Gasteiger partial charge on any atom is 0.321 e. The van der Waals surface area contributed by atoms with Gasteiger partial charge in [-0.3, -0.25) is 0 Å². The van der Waals surface area contributed by atoms with Crippen molar-refractivity contribution in [2.75, 3.05) is 11.5 Å². The third-order valence-electron chi connectivity index (χ3n) is 6.13. The summed E-state index contributed by atoms with van der Waals surface area (Å²) >= 11 is 0. The molecule has 4 atom stereocenters. The van der Waals surface area contributed by atoms with Crippen LogP contribution in [0.3, 0.4) is 0 Å². The highest BCUT2D eigenvalue weighted by atomic mass is 79.9. The van der Waals surface area contributed by atoms with Gasteiger partial charge in [-0.05, 0) is 28.4 Å². The zero-order valence-electron chi connectivity index (χ0n) is 15.3. The van der Waals surface area contributed by atoms with Crippen LogP contribution in [0.1, 0.15) is 24.0 Å². The van der Waals surface area contributed by atoms with Gasteiger partial charge in [0.25, 0.3) is 0 Å². The first kappa shape index (κ1) is 18.9. The van der Waals surface area contributed by atoms with Gasteiger partial charge in [-0.25, -0.2) is 4.79 Å². The van der Waals surface area contributed by atoms with Gasteiger partial charge in [-0.15, -0.1) is 0 Å². The van der Waals surface area contributed by atoms with E-state index in [1.807, 2.05) is 12.1 Å². The average Bonchev–Trinajstić information content (AvgIpc) is 3.32. The second-order valence-corrected chi connectivity index (χ2v) is 10.1. The number of carbonyl (C=O) groups excluding carboxylic acids is 1. The summed E-state index contributed by atoms with van der Waals surface area (Å²) in [6, 6.07) is 22.0. The standard InChI is InChI=1S/C22H25N2OS.BrH/c25-22-23(14-17-8-3-1-4-9-17)19-16-26-13-7-12-20(26)21(19)24(22)15-18-10-5-2-6-11-18;/h1-6,8-11,19-21H,7,12-16H2;1H/q+1;/p-1/t19-,20-,21-,26?;/m0./s1. The number of hydrogen-bond acceptors (Lipinski definition) is 1. The SMILES string of the molecule is O=C1N(Cc2ccccc2)[C@H]2[C@H](C[S+]3CCC[C@@H]23)N1Cc1ccccc1.[Br-]. The fourth-order valence-electron chi connectivity index (χ4n) is 4.96. The average molecular weight is 445 g/mol. The second kappa shape index (κ2) is 7.88. The van der Waals surface area contributed by atoms with Crippen LogP contribution in [0, 0.1) is 0 Å². The maximum absolute atomic E-state index is 13.4. The van der Waals surface area contributed by atoms with Crippen LogP contribution in [-0.4, -0.2) is 44.7 Å². The van der Waals surface area contributed by atoms with Gasteiger partial charge in [0.1, 0.15) is 28.8 Å². The first-order valence-electron chi connectivity index (χ1n) is 9.62. The summed E-state index contributed by atoms with van der Waals surface area (Å²) in [5.74, 6) is 2.60. The van der Waals surface area contributed by atoms with Gasteiger partial charge >= 0.3 is 6.03 Å². The lowest BCUT2D eigenvalue weighted by atomic mass is 10.0. The van der Waals surface area contributed by atoms with Crippen LogP contribution in [0.5, 0.6) is 0 Å². The van der Waals surface area contributed by atoms with E-state index in [1.54, 1.807) is 0 Å². The molecule has 0 bridgehead atoms. The number of benzene rings is 2. The number of rotatable bonds is 4. The van der Waals surface area contributed by atoms with E-state index in [2.05, 4.69) is 58.3 Å². The van der Waals surface area contributed by atoms with Gasteiger partial charge in [0, 0.05) is 19.5 Å².